The molecule has 110 valence electrons. The minimum absolute atomic E-state index is 0.262. The SMILES string of the molecule is C=CCOC(=O)c1ccc(CCCCCCCC)cc1. The highest BCUT2D eigenvalue weighted by Gasteiger charge is 2.05. The van der Waals surface area contributed by atoms with Gasteiger partial charge in [-0.05, 0) is 30.5 Å². The van der Waals surface area contributed by atoms with Crippen LogP contribution in [0.15, 0.2) is 36.9 Å². The predicted octanol–water partition coefficient (Wildman–Crippen LogP) is 4.93. The summed E-state index contributed by atoms with van der Waals surface area (Å²) in [6, 6.07) is 7.74. The summed E-state index contributed by atoms with van der Waals surface area (Å²) in [5.41, 5.74) is 1.90. The van der Waals surface area contributed by atoms with E-state index in [2.05, 4.69) is 13.5 Å². The summed E-state index contributed by atoms with van der Waals surface area (Å²) in [7, 11) is 0. The summed E-state index contributed by atoms with van der Waals surface area (Å²) < 4.78 is 5.00. The van der Waals surface area contributed by atoms with Crippen LogP contribution in [0.4, 0.5) is 0 Å². The van der Waals surface area contributed by atoms with E-state index in [1.165, 1.54) is 44.1 Å². The zero-order chi connectivity index (χ0) is 14.6. The number of ether oxygens (including phenoxy) is 1. The van der Waals surface area contributed by atoms with E-state index >= 15 is 0 Å². The quantitative estimate of drug-likeness (QED) is 0.343. The number of benzene rings is 1. The van der Waals surface area contributed by atoms with Crippen LogP contribution in [0.2, 0.25) is 0 Å². The van der Waals surface area contributed by atoms with Crippen LogP contribution < -0.4 is 0 Å². The molecule has 1 aromatic carbocycles. The van der Waals surface area contributed by atoms with Crippen molar-refractivity contribution in [2.45, 2.75) is 51.9 Å². The Hall–Kier alpha value is -1.57. The van der Waals surface area contributed by atoms with Gasteiger partial charge in [-0.2, -0.15) is 0 Å². The Labute approximate surface area is 122 Å². The number of carbonyl (C=O) groups excluding carboxylic acids is 1. The van der Waals surface area contributed by atoms with Crippen LogP contribution in [0.5, 0.6) is 0 Å². The molecule has 2 heteroatoms. The average Bonchev–Trinajstić information content (AvgIpc) is 2.49. The summed E-state index contributed by atoms with van der Waals surface area (Å²) in [6.07, 6.45) is 10.5. The molecule has 1 aromatic rings. The first-order chi connectivity index (χ1) is 9.77. The number of hydrogen-bond donors (Lipinski definition) is 0. The molecule has 20 heavy (non-hydrogen) atoms. The highest BCUT2D eigenvalue weighted by atomic mass is 16.5. The normalized spacial score (nSPS) is 10.2. The van der Waals surface area contributed by atoms with Gasteiger partial charge in [-0.25, -0.2) is 4.79 Å². The van der Waals surface area contributed by atoms with Crippen molar-refractivity contribution >= 4 is 5.97 Å². The van der Waals surface area contributed by atoms with Gasteiger partial charge in [-0.1, -0.05) is 63.8 Å². The van der Waals surface area contributed by atoms with Gasteiger partial charge in [-0.15, -0.1) is 0 Å². The largest absolute Gasteiger partial charge is 0.458 e. The van der Waals surface area contributed by atoms with Gasteiger partial charge in [0.2, 0.25) is 0 Å². The lowest BCUT2D eigenvalue weighted by Gasteiger charge is -2.04. The molecular weight excluding hydrogens is 248 g/mol. The van der Waals surface area contributed by atoms with E-state index in [-0.39, 0.29) is 12.6 Å². The third kappa shape index (κ3) is 6.55. The van der Waals surface area contributed by atoms with Gasteiger partial charge in [0.05, 0.1) is 5.56 Å². The molecular formula is C18H26O2. The fourth-order valence-corrected chi connectivity index (χ4v) is 2.13. The molecule has 1 rings (SSSR count). The smallest absolute Gasteiger partial charge is 0.338 e. The monoisotopic (exact) mass is 274 g/mol. The van der Waals surface area contributed by atoms with Crippen LogP contribution in [0.25, 0.3) is 0 Å². The standard InChI is InChI=1S/C18H26O2/c1-3-5-6-7-8-9-10-16-11-13-17(14-12-16)18(19)20-15-4-2/h4,11-14H,2-3,5-10,15H2,1H3. The topological polar surface area (TPSA) is 26.3 Å². The van der Waals surface area contributed by atoms with Gasteiger partial charge in [-0.3, -0.25) is 0 Å². The zero-order valence-electron chi connectivity index (χ0n) is 12.6. The van der Waals surface area contributed by atoms with Gasteiger partial charge in [0.25, 0.3) is 0 Å². The number of aryl methyl sites for hydroxylation is 1. The summed E-state index contributed by atoms with van der Waals surface area (Å²) in [5.74, 6) is -0.281. The zero-order valence-corrected chi connectivity index (χ0v) is 12.6. The fourth-order valence-electron chi connectivity index (χ4n) is 2.13. The molecule has 0 fully saturated rings. The van der Waals surface area contributed by atoms with E-state index in [9.17, 15) is 4.79 Å². The van der Waals surface area contributed by atoms with Gasteiger partial charge in [0.15, 0.2) is 0 Å². The molecule has 0 saturated heterocycles. The predicted molar refractivity (Wildman–Crippen MR) is 84.0 cm³/mol. The summed E-state index contributed by atoms with van der Waals surface area (Å²) in [4.78, 5) is 11.6. The van der Waals surface area contributed by atoms with E-state index in [0.717, 1.165) is 6.42 Å². The third-order valence-corrected chi connectivity index (χ3v) is 3.34. The maximum absolute atomic E-state index is 11.6. The minimum Gasteiger partial charge on any atom is -0.458 e. The third-order valence-electron chi connectivity index (χ3n) is 3.34. The van der Waals surface area contributed by atoms with Gasteiger partial charge in [0, 0.05) is 0 Å². The van der Waals surface area contributed by atoms with Gasteiger partial charge >= 0.3 is 5.97 Å². The summed E-state index contributed by atoms with van der Waals surface area (Å²) in [5, 5.41) is 0. The van der Waals surface area contributed by atoms with Crippen molar-refractivity contribution in [3.63, 3.8) is 0 Å². The molecule has 0 N–H and O–H groups in total. The molecule has 0 radical (unpaired) electrons. The lowest BCUT2D eigenvalue weighted by molar-refractivity contribution is 0.0549. The first-order valence-electron chi connectivity index (χ1n) is 7.65. The van der Waals surface area contributed by atoms with Crippen LogP contribution in [-0.2, 0) is 11.2 Å². The molecule has 0 spiro atoms. The molecule has 0 aliphatic rings. The van der Waals surface area contributed by atoms with Crippen LogP contribution in [0.1, 0.15) is 61.4 Å². The number of unbranched alkanes of at least 4 members (excludes halogenated alkanes) is 5. The molecule has 0 saturated carbocycles. The lowest BCUT2D eigenvalue weighted by atomic mass is 10.0. The molecule has 0 heterocycles. The van der Waals surface area contributed by atoms with E-state index in [1.807, 2.05) is 24.3 Å². The van der Waals surface area contributed by atoms with Crippen LogP contribution in [0, 0.1) is 0 Å². The molecule has 0 atom stereocenters. The second kappa shape index (κ2) is 10.2. The minimum atomic E-state index is -0.281. The molecule has 0 unspecified atom stereocenters. The van der Waals surface area contributed by atoms with Crippen molar-refractivity contribution in [3.8, 4) is 0 Å². The summed E-state index contributed by atoms with van der Waals surface area (Å²) in [6.45, 7) is 6.02. The second-order valence-corrected chi connectivity index (χ2v) is 5.10. The van der Waals surface area contributed by atoms with Crippen molar-refractivity contribution < 1.29 is 9.53 Å². The first-order valence-corrected chi connectivity index (χ1v) is 7.65. The van der Waals surface area contributed by atoms with Crippen LogP contribution in [-0.4, -0.2) is 12.6 Å². The Morgan fingerprint density at radius 3 is 2.40 bits per heavy atom. The fraction of sp³-hybridized carbons (Fsp3) is 0.500. The summed E-state index contributed by atoms with van der Waals surface area (Å²) >= 11 is 0. The van der Waals surface area contributed by atoms with Crippen molar-refractivity contribution in [2.24, 2.45) is 0 Å². The van der Waals surface area contributed by atoms with Crippen molar-refractivity contribution in [1.82, 2.24) is 0 Å². The average molecular weight is 274 g/mol. The number of carbonyl (C=O) groups is 1. The first kappa shape index (κ1) is 16.5. The highest BCUT2D eigenvalue weighted by Crippen LogP contribution is 2.11. The molecule has 0 bridgehead atoms. The molecule has 0 aliphatic heterocycles. The van der Waals surface area contributed by atoms with Crippen molar-refractivity contribution in [2.75, 3.05) is 6.61 Å². The Balaban J connectivity index is 2.28. The Morgan fingerprint density at radius 1 is 1.10 bits per heavy atom. The highest BCUT2D eigenvalue weighted by molar-refractivity contribution is 5.89. The number of rotatable bonds is 10. The Morgan fingerprint density at radius 2 is 1.75 bits per heavy atom. The van der Waals surface area contributed by atoms with Crippen LogP contribution >= 0.6 is 0 Å². The Bertz CT molecular complexity index is 392. The molecule has 2 nitrogen and oxygen atoms in total. The van der Waals surface area contributed by atoms with Crippen molar-refractivity contribution in [3.05, 3.63) is 48.0 Å². The van der Waals surface area contributed by atoms with Crippen molar-refractivity contribution in [1.29, 1.82) is 0 Å². The van der Waals surface area contributed by atoms with E-state index < -0.39 is 0 Å². The molecule has 0 aliphatic carbocycles. The Kier molecular flexibility index (Phi) is 8.44. The number of hydrogen-bond acceptors (Lipinski definition) is 2. The van der Waals surface area contributed by atoms with Gasteiger partial charge in [0.1, 0.15) is 6.61 Å². The molecule has 0 aromatic heterocycles. The van der Waals surface area contributed by atoms with E-state index in [4.69, 9.17) is 4.74 Å². The lowest BCUT2D eigenvalue weighted by Crippen LogP contribution is -2.04. The maximum atomic E-state index is 11.6. The molecule has 0 amide bonds. The van der Waals surface area contributed by atoms with E-state index in [0.29, 0.717) is 5.56 Å². The van der Waals surface area contributed by atoms with Crippen LogP contribution in [0.3, 0.4) is 0 Å². The van der Waals surface area contributed by atoms with E-state index in [1.54, 1.807) is 6.08 Å². The number of esters is 1. The second-order valence-electron chi connectivity index (χ2n) is 5.10. The van der Waals surface area contributed by atoms with Gasteiger partial charge < -0.3 is 4.74 Å². The maximum Gasteiger partial charge on any atom is 0.338 e.